The predicted molar refractivity (Wildman–Crippen MR) is 72.6 cm³/mol. The van der Waals surface area contributed by atoms with E-state index in [1.165, 1.54) is 24.3 Å². The molecule has 1 aromatic rings. The Kier molecular flexibility index (Phi) is 4.23. The number of hydrogen-bond acceptors (Lipinski definition) is 4. The molecule has 1 rings (SSSR count). The summed E-state index contributed by atoms with van der Waals surface area (Å²) in [5, 5.41) is -0.536. The molecular weight excluding hydrogens is 276 g/mol. The second kappa shape index (κ2) is 5.15. The summed E-state index contributed by atoms with van der Waals surface area (Å²) in [4.78, 5) is 0. The fourth-order valence-electron chi connectivity index (χ4n) is 1.10. The lowest BCUT2D eigenvalue weighted by atomic mass is 10.3. The van der Waals surface area contributed by atoms with Gasteiger partial charge < -0.3 is 0 Å². The normalized spacial score (nSPS) is 12.4. The van der Waals surface area contributed by atoms with Gasteiger partial charge in [0.25, 0.3) is 0 Å². The van der Waals surface area contributed by atoms with Crippen molar-refractivity contribution in [2.75, 3.05) is 15.7 Å². The van der Waals surface area contributed by atoms with Gasteiger partial charge in [-0.05, 0) is 38.1 Å². The molecule has 2 N–H and O–H groups in total. The van der Waals surface area contributed by atoms with Crippen LogP contribution in [0.5, 0.6) is 0 Å². The molecule has 0 spiro atoms. The monoisotopic (exact) mass is 292 g/mol. The Morgan fingerprint density at radius 2 is 1.28 bits per heavy atom. The average molecular weight is 292 g/mol. The molecule has 0 aliphatic heterocycles. The van der Waals surface area contributed by atoms with Crippen molar-refractivity contribution in [2.24, 2.45) is 0 Å². The summed E-state index contributed by atoms with van der Waals surface area (Å²) < 4.78 is 49.8. The molecule has 0 atom stereocenters. The molecule has 18 heavy (non-hydrogen) atoms. The van der Waals surface area contributed by atoms with Gasteiger partial charge in [-0.1, -0.05) is 0 Å². The topological polar surface area (TPSA) is 92.3 Å². The van der Waals surface area contributed by atoms with Crippen LogP contribution in [0.25, 0.3) is 0 Å². The summed E-state index contributed by atoms with van der Waals surface area (Å²) in [7, 11) is -6.72. The molecule has 0 bridgehead atoms. The van der Waals surface area contributed by atoms with Crippen LogP contribution in [-0.2, 0) is 20.0 Å². The first-order valence-electron chi connectivity index (χ1n) is 5.19. The van der Waals surface area contributed by atoms with Gasteiger partial charge in [0.15, 0.2) is 0 Å². The van der Waals surface area contributed by atoms with E-state index in [9.17, 15) is 16.8 Å². The van der Waals surface area contributed by atoms with Gasteiger partial charge in [0.05, 0.1) is 11.5 Å². The van der Waals surface area contributed by atoms with Gasteiger partial charge in [0.1, 0.15) is 0 Å². The molecule has 1 aromatic carbocycles. The third-order valence-electron chi connectivity index (χ3n) is 2.07. The van der Waals surface area contributed by atoms with E-state index in [0.29, 0.717) is 11.4 Å². The molecule has 0 aliphatic carbocycles. The van der Waals surface area contributed by atoms with E-state index >= 15 is 0 Å². The van der Waals surface area contributed by atoms with E-state index in [1.807, 2.05) is 0 Å². The van der Waals surface area contributed by atoms with Crippen LogP contribution in [-0.4, -0.2) is 28.3 Å². The summed E-state index contributed by atoms with van der Waals surface area (Å²) in [5.41, 5.74) is 0.771. The van der Waals surface area contributed by atoms with Crippen molar-refractivity contribution in [1.82, 2.24) is 0 Å². The molecular formula is C10H16N2O4S2. The van der Waals surface area contributed by atoms with Crippen molar-refractivity contribution < 1.29 is 16.8 Å². The molecule has 0 saturated heterocycles. The third-order valence-corrected chi connectivity index (χ3v) is 4.44. The van der Waals surface area contributed by atoms with Gasteiger partial charge >= 0.3 is 0 Å². The van der Waals surface area contributed by atoms with E-state index in [1.54, 1.807) is 13.8 Å². The number of nitrogens with one attached hydrogen (secondary N) is 2. The maximum atomic E-state index is 11.6. The third kappa shape index (κ3) is 4.53. The standard InChI is InChI=1S/C10H16N2O4S2/c1-8(2)18(15,16)12-10-6-4-9(5-7-10)11-17(3,13)14/h4-8,11-12H,1-3H3. The molecule has 8 heteroatoms. The molecule has 0 radical (unpaired) electrons. The summed E-state index contributed by atoms with van der Waals surface area (Å²) in [5.74, 6) is 0. The molecule has 0 saturated carbocycles. The fourth-order valence-corrected chi connectivity index (χ4v) is 2.37. The zero-order chi connectivity index (χ0) is 14.0. The first-order valence-corrected chi connectivity index (χ1v) is 8.63. The largest absolute Gasteiger partial charge is 0.284 e. The number of anilines is 2. The summed E-state index contributed by atoms with van der Waals surface area (Å²) in [6.07, 6.45) is 1.04. The van der Waals surface area contributed by atoms with Crippen molar-refractivity contribution in [3.63, 3.8) is 0 Å². The summed E-state index contributed by atoms with van der Waals surface area (Å²) in [6, 6.07) is 5.96. The summed E-state index contributed by atoms with van der Waals surface area (Å²) in [6.45, 7) is 3.14. The fraction of sp³-hybridized carbons (Fsp3) is 0.400. The van der Waals surface area contributed by atoms with Gasteiger partial charge in [-0.2, -0.15) is 0 Å². The highest BCUT2D eigenvalue weighted by molar-refractivity contribution is 7.93. The Morgan fingerprint density at radius 1 is 0.889 bits per heavy atom. The zero-order valence-electron chi connectivity index (χ0n) is 10.3. The minimum atomic E-state index is -3.39. The zero-order valence-corrected chi connectivity index (χ0v) is 12.0. The molecule has 0 unspecified atom stereocenters. The summed E-state index contributed by atoms with van der Waals surface area (Å²) >= 11 is 0. The average Bonchev–Trinajstić information content (AvgIpc) is 2.18. The van der Waals surface area contributed by atoms with E-state index in [-0.39, 0.29) is 0 Å². The van der Waals surface area contributed by atoms with Crippen LogP contribution < -0.4 is 9.44 Å². The molecule has 0 aromatic heterocycles. The number of sulfonamides is 2. The van der Waals surface area contributed by atoms with Crippen LogP contribution in [0.15, 0.2) is 24.3 Å². The lowest BCUT2D eigenvalue weighted by molar-refractivity contribution is 0.592. The van der Waals surface area contributed by atoms with Gasteiger partial charge in [0, 0.05) is 11.4 Å². The van der Waals surface area contributed by atoms with Crippen molar-refractivity contribution in [3.8, 4) is 0 Å². The Hall–Kier alpha value is -1.28. The van der Waals surface area contributed by atoms with Crippen LogP contribution in [0.1, 0.15) is 13.8 Å². The van der Waals surface area contributed by atoms with E-state index < -0.39 is 25.3 Å². The Morgan fingerprint density at radius 3 is 1.61 bits per heavy atom. The van der Waals surface area contributed by atoms with Crippen molar-refractivity contribution in [2.45, 2.75) is 19.1 Å². The van der Waals surface area contributed by atoms with Gasteiger partial charge in [-0.3, -0.25) is 9.44 Å². The molecule has 0 amide bonds. The van der Waals surface area contributed by atoms with Crippen LogP contribution in [0, 0.1) is 0 Å². The van der Waals surface area contributed by atoms with E-state index in [2.05, 4.69) is 9.44 Å². The second-order valence-electron chi connectivity index (χ2n) is 4.15. The van der Waals surface area contributed by atoms with Crippen molar-refractivity contribution >= 4 is 31.4 Å². The Bertz CT molecular complexity index is 604. The minimum absolute atomic E-state index is 0.380. The van der Waals surface area contributed by atoms with Crippen molar-refractivity contribution in [3.05, 3.63) is 24.3 Å². The highest BCUT2D eigenvalue weighted by Gasteiger charge is 2.15. The van der Waals surface area contributed by atoms with E-state index in [4.69, 9.17) is 0 Å². The minimum Gasteiger partial charge on any atom is -0.284 e. The second-order valence-corrected chi connectivity index (χ2v) is 8.13. The molecule has 0 aliphatic rings. The molecule has 102 valence electrons. The SMILES string of the molecule is CC(C)S(=O)(=O)Nc1ccc(NS(C)(=O)=O)cc1. The highest BCUT2D eigenvalue weighted by atomic mass is 32.2. The molecule has 0 fully saturated rings. The lowest BCUT2D eigenvalue weighted by Gasteiger charge is -2.11. The maximum absolute atomic E-state index is 11.6. The predicted octanol–water partition coefficient (Wildman–Crippen LogP) is 1.21. The Balaban J connectivity index is 2.85. The van der Waals surface area contributed by atoms with Gasteiger partial charge in [0.2, 0.25) is 20.0 Å². The molecule has 0 heterocycles. The van der Waals surface area contributed by atoms with Crippen LogP contribution >= 0.6 is 0 Å². The highest BCUT2D eigenvalue weighted by Crippen LogP contribution is 2.16. The number of rotatable bonds is 5. The van der Waals surface area contributed by atoms with Gasteiger partial charge in [-0.15, -0.1) is 0 Å². The van der Waals surface area contributed by atoms with E-state index in [0.717, 1.165) is 6.26 Å². The maximum Gasteiger partial charge on any atom is 0.235 e. The Labute approximate surface area is 108 Å². The quantitative estimate of drug-likeness (QED) is 0.853. The smallest absolute Gasteiger partial charge is 0.235 e. The first kappa shape index (κ1) is 14.8. The number of benzene rings is 1. The lowest BCUT2D eigenvalue weighted by Crippen LogP contribution is -2.22. The van der Waals surface area contributed by atoms with Gasteiger partial charge in [-0.25, -0.2) is 16.8 Å². The van der Waals surface area contributed by atoms with Crippen LogP contribution in [0.2, 0.25) is 0 Å². The number of hydrogen-bond donors (Lipinski definition) is 2. The van der Waals surface area contributed by atoms with Crippen LogP contribution in [0.4, 0.5) is 11.4 Å². The van der Waals surface area contributed by atoms with Crippen molar-refractivity contribution in [1.29, 1.82) is 0 Å². The first-order chi connectivity index (χ1) is 8.10. The molecule has 6 nitrogen and oxygen atoms in total. The van der Waals surface area contributed by atoms with Crippen LogP contribution in [0.3, 0.4) is 0 Å².